The molecule has 120 valence electrons. The summed E-state index contributed by atoms with van der Waals surface area (Å²) in [5, 5.41) is 9.11. The summed E-state index contributed by atoms with van der Waals surface area (Å²) in [5.41, 5.74) is -0.158. The predicted molar refractivity (Wildman–Crippen MR) is 81.0 cm³/mol. The maximum Gasteiger partial charge on any atom is 0.215 e. The van der Waals surface area contributed by atoms with Gasteiger partial charge < -0.3 is 5.11 Å². The number of sulfonamides is 1. The van der Waals surface area contributed by atoms with Crippen molar-refractivity contribution in [3.8, 4) is 0 Å². The summed E-state index contributed by atoms with van der Waals surface area (Å²) in [5.74, 6) is -0.308. The Labute approximate surface area is 126 Å². The fraction of sp³-hybridized carbons (Fsp3) is 0.538. The second-order valence-corrected chi connectivity index (χ2v) is 9.64. The highest BCUT2D eigenvalue weighted by Crippen LogP contribution is 2.15. The van der Waals surface area contributed by atoms with Gasteiger partial charge >= 0.3 is 0 Å². The van der Waals surface area contributed by atoms with Crippen LogP contribution in [0.2, 0.25) is 0 Å². The molecule has 0 heterocycles. The van der Waals surface area contributed by atoms with E-state index in [0.29, 0.717) is 5.56 Å². The van der Waals surface area contributed by atoms with Crippen molar-refractivity contribution in [2.45, 2.75) is 24.5 Å². The molecule has 21 heavy (non-hydrogen) atoms. The molecular weight excluding hydrogens is 314 g/mol. The monoisotopic (exact) mass is 335 g/mol. The molecule has 0 radical (unpaired) electrons. The second-order valence-electron chi connectivity index (χ2n) is 5.82. The Morgan fingerprint density at radius 3 is 2.33 bits per heavy atom. The lowest BCUT2D eigenvalue weighted by Crippen LogP contribution is -2.36. The highest BCUT2D eigenvalue weighted by atomic mass is 32.2. The lowest BCUT2D eigenvalue weighted by atomic mass is 9.96. The summed E-state index contributed by atoms with van der Waals surface area (Å²) >= 11 is 0. The fourth-order valence-electron chi connectivity index (χ4n) is 1.50. The van der Waals surface area contributed by atoms with Gasteiger partial charge in [-0.05, 0) is 17.7 Å². The van der Waals surface area contributed by atoms with Gasteiger partial charge in [0.1, 0.15) is 0 Å². The minimum absolute atomic E-state index is 0.0888. The van der Waals surface area contributed by atoms with Crippen molar-refractivity contribution in [3.63, 3.8) is 0 Å². The van der Waals surface area contributed by atoms with Gasteiger partial charge in [-0.25, -0.2) is 21.6 Å². The Morgan fingerprint density at radius 1 is 1.19 bits per heavy atom. The van der Waals surface area contributed by atoms with Gasteiger partial charge in [0.2, 0.25) is 10.0 Å². The van der Waals surface area contributed by atoms with Crippen molar-refractivity contribution in [2.75, 3.05) is 19.4 Å². The molecule has 0 unspecified atom stereocenters. The molecule has 0 amide bonds. The molecule has 2 N–H and O–H groups in total. The van der Waals surface area contributed by atoms with E-state index >= 15 is 0 Å². The number of rotatable bonds is 7. The largest absolute Gasteiger partial charge is 0.396 e. The van der Waals surface area contributed by atoms with E-state index < -0.39 is 25.3 Å². The number of nitrogens with one attached hydrogen (secondary N) is 1. The molecule has 1 aromatic carbocycles. The molecule has 6 nitrogen and oxygen atoms in total. The van der Waals surface area contributed by atoms with Gasteiger partial charge in [-0.1, -0.05) is 26.0 Å². The molecule has 0 saturated heterocycles. The Morgan fingerprint density at radius 2 is 1.81 bits per heavy atom. The molecule has 1 rings (SSSR count). The normalized spacial score (nSPS) is 13.3. The number of aliphatic hydroxyl groups excluding tert-OH is 1. The van der Waals surface area contributed by atoms with Crippen LogP contribution >= 0.6 is 0 Å². The van der Waals surface area contributed by atoms with Crippen LogP contribution in [0.5, 0.6) is 0 Å². The molecule has 0 aliphatic heterocycles. The van der Waals surface area contributed by atoms with Crippen molar-refractivity contribution >= 4 is 19.9 Å². The summed E-state index contributed by atoms with van der Waals surface area (Å²) in [6.45, 7) is 3.44. The van der Waals surface area contributed by atoms with Gasteiger partial charge in [0.05, 0.1) is 10.6 Å². The molecule has 0 atom stereocenters. The Hall–Kier alpha value is -0.960. The molecule has 0 aliphatic rings. The molecule has 8 heteroatoms. The number of aliphatic hydroxyl groups is 1. The fourth-order valence-corrected chi connectivity index (χ4v) is 3.52. The lowest BCUT2D eigenvalue weighted by Gasteiger charge is -2.21. The van der Waals surface area contributed by atoms with Crippen LogP contribution in [0.25, 0.3) is 0 Å². The second kappa shape index (κ2) is 6.43. The average Bonchev–Trinajstić information content (AvgIpc) is 2.36. The van der Waals surface area contributed by atoms with Crippen molar-refractivity contribution in [2.24, 2.45) is 5.41 Å². The quantitative estimate of drug-likeness (QED) is 0.757. The minimum atomic E-state index is -3.60. The van der Waals surface area contributed by atoms with Crippen LogP contribution in [0.3, 0.4) is 0 Å². The summed E-state index contributed by atoms with van der Waals surface area (Å²) in [7, 11) is -6.96. The topological polar surface area (TPSA) is 101 Å². The van der Waals surface area contributed by atoms with E-state index in [4.69, 9.17) is 5.11 Å². The van der Waals surface area contributed by atoms with E-state index in [1.807, 2.05) is 0 Å². The third-order valence-corrected chi connectivity index (χ3v) is 5.29. The summed E-state index contributed by atoms with van der Waals surface area (Å²) < 4.78 is 49.3. The third kappa shape index (κ3) is 6.13. The summed E-state index contributed by atoms with van der Waals surface area (Å²) in [6.07, 6.45) is 1.07. The van der Waals surface area contributed by atoms with E-state index in [1.165, 1.54) is 18.2 Å². The number of sulfone groups is 1. The van der Waals surface area contributed by atoms with Crippen molar-refractivity contribution in [1.29, 1.82) is 0 Å². The van der Waals surface area contributed by atoms with Crippen LogP contribution in [0.1, 0.15) is 19.4 Å². The third-order valence-electron chi connectivity index (χ3n) is 2.88. The van der Waals surface area contributed by atoms with Gasteiger partial charge in [0.15, 0.2) is 9.84 Å². The van der Waals surface area contributed by atoms with Crippen LogP contribution in [0, 0.1) is 5.41 Å². The van der Waals surface area contributed by atoms with E-state index in [2.05, 4.69) is 4.72 Å². The molecule has 1 aromatic rings. The molecule has 0 spiro atoms. The smallest absolute Gasteiger partial charge is 0.215 e. The number of benzene rings is 1. The van der Waals surface area contributed by atoms with Gasteiger partial charge in [-0.15, -0.1) is 0 Å². The molecule has 0 aliphatic carbocycles. The Balaban J connectivity index is 2.86. The Kier molecular flexibility index (Phi) is 5.54. The lowest BCUT2D eigenvalue weighted by molar-refractivity contribution is 0.163. The van der Waals surface area contributed by atoms with E-state index in [-0.39, 0.29) is 23.8 Å². The zero-order chi connectivity index (χ0) is 16.3. The maximum absolute atomic E-state index is 12.0. The molecular formula is C13H21NO5S2. The van der Waals surface area contributed by atoms with E-state index in [1.54, 1.807) is 19.9 Å². The van der Waals surface area contributed by atoms with Crippen LogP contribution in [-0.2, 0) is 25.6 Å². The standard InChI is InChI=1S/C13H21NO5S2/c1-13(2,10-15)9-14-21(18,19)8-11-5-4-6-12(7-11)20(3,16)17/h4-7,14-15H,8-10H2,1-3H3. The van der Waals surface area contributed by atoms with Gasteiger partial charge in [-0.2, -0.15) is 0 Å². The molecule has 0 saturated carbocycles. The van der Waals surface area contributed by atoms with Crippen LogP contribution in [-0.4, -0.2) is 41.3 Å². The number of hydrogen-bond acceptors (Lipinski definition) is 5. The minimum Gasteiger partial charge on any atom is -0.396 e. The maximum atomic E-state index is 12.0. The first-order chi connectivity index (χ1) is 9.45. The van der Waals surface area contributed by atoms with Gasteiger partial charge in [0.25, 0.3) is 0 Å². The van der Waals surface area contributed by atoms with Gasteiger partial charge in [0, 0.05) is 24.8 Å². The van der Waals surface area contributed by atoms with Gasteiger partial charge in [-0.3, -0.25) is 0 Å². The highest BCUT2D eigenvalue weighted by Gasteiger charge is 2.21. The van der Waals surface area contributed by atoms with Crippen molar-refractivity contribution < 1.29 is 21.9 Å². The predicted octanol–water partition coefficient (Wildman–Crippen LogP) is 0.528. The van der Waals surface area contributed by atoms with Crippen molar-refractivity contribution in [3.05, 3.63) is 29.8 Å². The average molecular weight is 335 g/mol. The van der Waals surface area contributed by atoms with Crippen LogP contribution < -0.4 is 4.72 Å². The zero-order valence-electron chi connectivity index (χ0n) is 12.3. The molecule has 0 aromatic heterocycles. The zero-order valence-corrected chi connectivity index (χ0v) is 14.0. The number of hydrogen-bond donors (Lipinski definition) is 2. The first-order valence-electron chi connectivity index (χ1n) is 6.32. The Bertz CT molecular complexity index is 693. The first-order valence-corrected chi connectivity index (χ1v) is 9.87. The highest BCUT2D eigenvalue weighted by molar-refractivity contribution is 7.90. The molecule has 0 fully saturated rings. The van der Waals surface area contributed by atoms with Crippen LogP contribution in [0.15, 0.2) is 29.2 Å². The first kappa shape index (κ1) is 18.1. The van der Waals surface area contributed by atoms with Crippen LogP contribution in [0.4, 0.5) is 0 Å². The summed E-state index contributed by atoms with van der Waals surface area (Å²) in [6, 6.07) is 5.85. The van der Waals surface area contributed by atoms with E-state index in [0.717, 1.165) is 6.26 Å². The van der Waals surface area contributed by atoms with Crippen molar-refractivity contribution in [1.82, 2.24) is 4.72 Å². The summed E-state index contributed by atoms with van der Waals surface area (Å²) in [4.78, 5) is 0.0888. The molecule has 0 bridgehead atoms. The SMILES string of the molecule is CC(C)(CO)CNS(=O)(=O)Cc1cccc(S(C)(=O)=O)c1. The van der Waals surface area contributed by atoms with E-state index in [9.17, 15) is 16.8 Å².